The molecule has 1 aliphatic heterocycles. The van der Waals surface area contributed by atoms with E-state index in [1.807, 2.05) is 6.92 Å². The first-order chi connectivity index (χ1) is 9.84. The number of benzene rings is 1. The van der Waals surface area contributed by atoms with Crippen molar-refractivity contribution in [3.63, 3.8) is 0 Å². The lowest BCUT2D eigenvalue weighted by molar-refractivity contribution is -0.136. The maximum atomic E-state index is 12.9. The molecule has 0 radical (unpaired) electrons. The van der Waals surface area contributed by atoms with Gasteiger partial charge < -0.3 is 15.3 Å². The third-order valence-electron chi connectivity index (χ3n) is 3.80. The fourth-order valence-corrected chi connectivity index (χ4v) is 2.57. The third-order valence-corrected chi connectivity index (χ3v) is 3.80. The Hall–Kier alpha value is -1.76. The molecule has 0 aromatic heterocycles. The number of nitrogens with zero attached hydrogens (tertiary/aromatic N) is 1. The standard InChI is InChI=1S/C14H17F3N2O2/c1-9-6-7-19(12(9)8-20)13(21)18-11-5-3-2-4-10(11)14(15,16)17/h2-5,9,12,20H,6-8H2,1H3,(H,18,21). The number of amides is 2. The maximum absolute atomic E-state index is 12.9. The highest BCUT2D eigenvalue weighted by atomic mass is 19.4. The fraction of sp³-hybridized carbons (Fsp3) is 0.500. The van der Waals surface area contributed by atoms with Gasteiger partial charge in [-0.15, -0.1) is 0 Å². The van der Waals surface area contributed by atoms with Crippen LogP contribution in [0.4, 0.5) is 23.7 Å². The molecular formula is C14H17F3N2O2. The molecule has 2 N–H and O–H groups in total. The smallest absolute Gasteiger partial charge is 0.394 e. The molecule has 0 saturated carbocycles. The molecule has 1 fully saturated rings. The van der Waals surface area contributed by atoms with Crippen LogP contribution in [0.2, 0.25) is 0 Å². The zero-order valence-electron chi connectivity index (χ0n) is 11.5. The number of hydrogen-bond donors (Lipinski definition) is 2. The van der Waals surface area contributed by atoms with Crippen LogP contribution in [0.3, 0.4) is 0 Å². The van der Waals surface area contributed by atoms with Crippen LogP contribution >= 0.6 is 0 Å². The highest BCUT2D eigenvalue weighted by molar-refractivity contribution is 5.90. The number of likely N-dealkylation sites (tertiary alicyclic amines) is 1. The predicted molar refractivity (Wildman–Crippen MR) is 71.8 cm³/mol. The van der Waals surface area contributed by atoms with E-state index in [2.05, 4.69) is 5.32 Å². The van der Waals surface area contributed by atoms with Crippen LogP contribution < -0.4 is 5.32 Å². The van der Waals surface area contributed by atoms with Crippen LogP contribution in [0.5, 0.6) is 0 Å². The number of nitrogens with one attached hydrogen (secondary N) is 1. The van der Waals surface area contributed by atoms with E-state index in [0.717, 1.165) is 12.5 Å². The summed E-state index contributed by atoms with van der Waals surface area (Å²) in [6.45, 7) is 2.12. The Balaban J connectivity index is 2.17. The number of hydrogen-bond acceptors (Lipinski definition) is 2. The zero-order chi connectivity index (χ0) is 15.6. The van der Waals surface area contributed by atoms with E-state index in [4.69, 9.17) is 0 Å². The summed E-state index contributed by atoms with van der Waals surface area (Å²) in [6, 6.07) is 3.87. The molecule has 2 atom stereocenters. The molecule has 1 aromatic rings. The molecule has 4 nitrogen and oxygen atoms in total. The molecule has 2 rings (SSSR count). The molecular weight excluding hydrogens is 285 g/mol. The maximum Gasteiger partial charge on any atom is 0.418 e. The van der Waals surface area contributed by atoms with Crippen LogP contribution in [0.25, 0.3) is 0 Å². The summed E-state index contributed by atoms with van der Waals surface area (Å²) in [5.74, 6) is 0.124. The lowest BCUT2D eigenvalue weighted by Crippen LogP contribution is -2.42. The van der Waals surface area contributed by atoms with Gasteiger partial charge >= 0.3 is 12.2 Å². The number of alkyl halides is 3. The summed E-state index contributed by atoms with van der Waals surface area (Å²) in [5, 5.41) is 11.6. The van der Waals surface area contributed by atoms with Gasteiger partial charge in [0.2, 0.25) is 0 Å². The Morgan fingerprint density at radius 3 is 2.71 bits per heavy atom. The van der Waals surface area contributed by atoms with Crippen molar-refractivity contribution in [1.29, 1.82) is 0 Å². The molecule has 0 aliphatic carbocycles. The minimum absolute atomic E-state index is 0.124. The molecule has 2 unspecified atom stereocenters. The number of urea groups is 1. The molecule has 7 heteroatoms. The molecule has 1 saturated heterocycles. The van der Waals surface area contributed by atoms with Gasteiger partial charge in [0, 0.05) is 6.54 Å². The van der Waals surface area contributed by atoms with Crippen molar-refractivity contribution >= 4 is 11.7 Å². The van der Waals surface area contributed by atoms with Crippen molar-refractivity contribution in [3.8, 4) is 0 Å². The Morgan fingerprint density at radius 1 is 1.43 bits per heavy atom. The average molecular weight is 302 g/mol. The number of carbonyl (C=O) groups is 1. The molecule has 0 bridgehead atoms. The summed E-state index contributed by atoms with van der Waals surface area (Å²) < 4.78 is 38.6. The summed E-state index contributed by atoms with van der Waals surface area (Å²) in [4.78, 5) is 13.5. The number of anilines is 1. The quantitative estimate of drug-likeness (QED) is 0.882. The Morgan fingerprint density at radius 2 is 2.10 bits per heavy atom. The monoisotopic (exact) mass is 302 g/mol. The van der Waals surface area contributed by atoms with Gasteiger partial charge in [0.05, 0.1) is 23.9 Å². The topological polar surface area (TPSA) is 52.6 Å². The second-order valence-electron chi connectivity index (χ2n) is 5.18. The molecule has 21 heavy (non-hydrogen) atoms. The normalized spacial score (nSPS) is 22.4. The van der Waals surface area contributed by atoms with Crippen LogP contribution in [0.15, 0.2) is 24.3 Å². The first kappa shape index (κ1) is 15.6. The molecule has 2 amide bonds. The minimum Gasteiger partial charge on any atom is -0.394 e. The Bertz CT molecular complexity index is 519. The number of halogens is 3. The molecule has 1 heterocycles. The number of aliphatic hydroxyl groups excluding tert-OH is 1. The highest BCUT2D eigenvalue weighted by Gasteiger charge is 2.36. The zero-order valence-corrected chi connectivity index (χ0v) is 11.5. The largest absolute Gasteiger partial charge is 0.418 e. The van der Waals surface area contributed by atoms with Crippen LogP contribution in [-0.4, -0.2) is 35.2 Å². The van der Waals surface area contributed by atoms with E-state index < -0.39 is 17.8 Å². The number of rotatable bonds is 2. The van der Waals surface area contributed by atoms with E-state index in [1.54, 1.807) is 0 Å². The SMILES string of the molecule is CC1CCN(C(=O)Nc2ccccc2C(F)(F)F)C1CO. The highest BCUT2D eigenvalue weighted by Crippen LogP contribution is 2.35. The van der Waals surface area contributed by atoms with Gasteiger partial charge in [-0.2, -0.15) is 13.2 Å². The number of aliphatic hydroxyl groups is 1. The Kier molecular flexibility index (Phi) is 4.41. The summed E-state index contributed by atoms with van der Waals surface area (Å²) in [7, 11) is 0. The van der Waals surface area contributed by atoms with E-state index in [0.29, 0.717) is 6.54 Å². The summed E-state index contributed by atoms with van der Waals surface area (Å²) in [5.41, 5.74) is -1.16. The third kappa shape index (κ3) is 3.29. The first-order valence-electron chi connectivity index (χ1n) is 6.69. The Labute approximate surface area is 120 Å². The minimum atomic E-state index is -4.53. The predicted octanol–water partition coefficient (Wildman–Crippen LogP) is 2.94. The molecule has 1 aliphatic rings. The van der Waals surface area contributed by atoms with E-state index in [-0.39, 0.29) is 24.3 Å². The van der Waals surface area contributed by atoms with E-state index >= 15 is 0 Å². The van der Waals surface area contributed by atoms with Gasteiger partial charge in [0.25, 0.3) is 0 Å². The molecule has 0 spiro atoms. The van der Waals surface area contributed by atoms with Crippen LogP contribution in [0.1, 0.15) is 18.9 Å². The van der Waals surface area contributed by atoms with Crippen molar-refractivity contribution < 1.29 is 23.1 Å². The second-order valence-corrected chi connectivity index (χ2v) is 5.18. The second kappa shape index (κ2) is 5.93. The van der Waals surface area contributed by atoms with Crippen molar-refractivity contribution in [1.82, 2.24) is 4.90 Å². The van der Waals surface area contributed by atoms with Gasteiger partial charge in [0.1, 0.15) is 0 Å². The van der Waals surface area contributed by atoms with E-state index in [1.165, 1.54) is 23.1 Å². The number of para-hydroxylation sites is 1. The number of carbonyl (C=O) groups excluding carboxylic acids is 1. The lowest BCUT2D eigenvalue weighted by atomic mass is 10.0. The van der Waals surface area contributed by atoms with Gasteiger partial charge in [-0.05, 0) is 24.5 Å². The molecule has 1 aromatic carbocycles. The van der Waals surface area contributed by atoms with Crippen molar-refractivity contribution in [3.05, 3.63) is 29.8 Å². The fourth-order valence-electron chi connectivity index (χ4n) is 2.57. The van der Waals surface area contributed by atoms with Crippen molar-refractivity contribution in [2.24, 2.45) is 5.92 Å². The average Bonchev–Trinajstić information content (AvgIpc) is 2.79. The van der Waals surface area contributed by atoms with Crippen molar-refractivity contribution in [2.75, 3.05) is 18.5 Å². The van der Waals surface area contributed by atoms with Crippen LogP contribution in [-0.2, 0) is 6.18 Å². The lowest BCUT2D eigenvalue weighted by Gasteiger charge is -2.26. The van der Waals surface area contributed by atoms with E-state index in [9.17, 15) is 23.1 Å². The molecule has 116 valence electrons. The first-order valence-corrected chi connectivity index (χ1v) is 6.69. The van der Waals surface area contributed by atoms with Gasteiger partial charge in [-0.25, -0.2) is 4.79 Å². The van der Waals surface area contributed by atoms with Gasteiger partial charge in [-0.1, -0.05) is 19.1 Å². The summed E-state index contributed by atoms with van der Waals surface area (Å²) in [6.07, 6.45) is -3.81. The van der Waals surface area contributed by atoms with Gasteiger partial charge in [0.15, 0.2) is 0 Å². The van der Waals surface area contributed by atoms with Crippen LogP contribution in [0, 0.1) is 5.92 Å². The summed E-state index contributed by atoms with van der Waals surface area (Å²) >= 11 is 0. The van der Waals surface area contributed by atoms with Crippen molar-refractivity contribution in [2.45, 2.75) is 25.6 Å². The van der Waals surface area contributed by atoms with Gasteiger partial charge in [-0.3, -0.25) is 0 Å².